The largest absolute Gasteiger partial charge is 0.493 e. The molecule has 0 spiro atoms. The summed E-state index contributed by atoms with van der Waals surface area (Å²) in [4.78, 5) is 21.2. The van der Waals surface area contributed by atoms with Crippen LogP contribution in [0, 0.1) is 12.7 Å². The number of aliphatic carboxylic acids is 1. The minimum Gasteiger partial charge on any atom is -0.493 e. The van der Waals surface area contributed by atoms with Crippen LogP contribution in [0.15, 0.2) is 64.2 Å². The van der Waals surface area contributed by atoms with Crippen molar-refractivity contribution >= 4 is 5.97 Å². The van der Waals surface area contributed by atoms with Crippen LogP contribution in [0.25, 0.3) is 11.5 Å². The first kappa shape index (κ1) is 24.0. The second kappa shape index (κ2) is 11.3. The molecule has 174 valence electrons. The summed E-state index contributed by atoms with van der Waals surface area (Å²) in [6, 6.07) is 13.3. The van der Waals surface area contributed by atoms with Gasteiger partial charge in [0.2, 0.25) is 5.89 Å². The van der Waals surface area contributed by atoms with Crippen molar-refractivity contribution in [3.05, 3.63) is 82.6 Å². The number of carbonyl (C=O) groups is 1. The third kappa shape index (κ3) is 6.66. The molecule has 3 rings (SSSR count). The molecule has 0 radical (unpaired) electrons. The van der Waals surface area contributed by atoms with E-state index in [2.05, 4.69) is 10.5 Å². The van der Waals surface area contributed by atoms with Gasteiger partial charge < -0.3 is 14.3 Å². The summed E-state index contributed by atoms with van der Waals surface area (Å²) in [5.74, 6) is 0.501. The summed E-state index contributed by atoms with van der Waals surface area (Å²) in [5, 5.41) is 9.48. The molecule has 2 aromatic carbocycles. The van der Waals surface area contributed by atoms with E-state index in [0.29, 0.717) is 48.3 Å². The van der Waals surface area contributed by atoms with Crippen molar-refractivity contribution in [1.29, 1.82) is 0 Å². The molecule has 0 saturated carbocycles. The van der Waals surface area contributed by atoms with Crippen LogP contribution in [-0.4, -0.2) is 29.3 Å². The Labute approximate surface area is 191 Å². The monoisotopic (exact) mass is 454 g/mol. The number of carboxylic acid groups (broad SMARTS) is 1. The van der Waals surface area contributed by atoms with Crippen LogP contribution < -0.4 is 10.2 Å². The number of aryl methyl sites for hydroxylation is 1. The van der Waals surface area contributed by atoms with Crippen LogP contribution in [-0.2, 0) is 22.5 Å². The predicted octanol–water partition coefficient (Wildman–Crippen LogP) is 4.85. The topological polar surface area (TPSA) is 93.8 Å². The lowest BCUT2D eigenvalue weighted by Gasteiger charge is -2.11. The van der Waals surface area contributed by atoms with E-state index in [-0.39, 0.29) is 17.8 Å². The number of nitrogens with zero attached hydrogens (tertiary/aromatic N) is 1. The highest BCUT2D eigenvalue weighted by molar-refractivity contribution is 5.87. The van der Waals surface area contributed by atoms with E-state index in [0.717, 1.165) is 11.3 Å². The van der Waals surface area contributed by atoms with Gasteiger partial charge >= 0.3 is 5.97 Å². The first-order valence-electron chi connectivity index (χ1n) is 10.6. The molecule has 0 atom stereocenters. The van der Waals surface area contributed by atoms with E-state index in [4.69, 9.17) is 14.0 Å². The average Bonchev–Trinajstić information content (AvgIpc) is 3.17. The summed E-state index contributed by atoms with van der Waals surface area (Å²) in [6.45, 7) is 6.14. The summed E-state index contributed by atoms with van der Waals surface area (Å²) in [7, 11) is 0. The molecule has 33 heavy (non-hydrogen) atoms. The van der Waals surface area contributed by atoms with Gasteiger partial charge in [-0.1, -0.05) is 12.1 Å². The van der Waals surface area contributed by atoms with Crippen molar-refractivity contribution in [2.24, 2.45) is 0 Å². The number of hydrogen-bond acceptors (Lipinski definition) is 6. The van der Waals surface area contributed by atoms with Crippen molar-refractivity contribution in [2.75, 3.05) is 13.2 Å². The SMILES string of the molecule is CCONC(C)=C(Cc1ccc(OCCc2nc(-c3ccc(F)cc3)oc2C)cc1)C(=O)O. The Kier molecular flexibility index (Phi) is 8.21. The first-order valence-corrected chi connectivity index (χ1v) is 10.6. The molecule has 0 saturated heterocycles. The van der Waals surface area contributed by atoms with Gasteiger partial charge in [0.05, 0.1) is 24.5 Å². The fraction of sp³-hybridized carbons (Fsp3) is 0.280. The lowest BCUT2D eigenvalue weighted by atomic mass is 10.0. The molecule has 0 fully saturated rings. The number of hydroxylamine groups is 1. The number of carboxylic acids is 1. The van der Waals surface area contributed by atoms with E-state index in [9.17, 15) is 14.3 Å². The van der Waals surface area contributed by atoms with Gasteiger partial charge in [0.15, 0.2) is 0 Å². The maximum atomic E-state index is 13.1. The molecular weight excluding hydrogens is 427 g/mol. The molecule has 8 heteroatoms. The number of oxazole rings is 1. The van der Waals surface area contributed by atoms with E-state index < -0.39 is 5.97 Å². The van der Waals surface area contributed by atoms with Crippen molar-refractivity contribution < 1.29 is 28.3 Å². The van der Waals surface area contributed by atoms with E-state index in [1.54, 1.807) is 31.2 Å². The van der Waals surface area contributed by atoms with Crippen molar-refractivity contribution in [3.63, 3.8) is 0 Å². The van der Waals surface area contributed by atoms with Crippen molar-refractivity contribution in [1.82, 2.24) is 10.5 Å². The Balaban J connectivity index is 1.57. The molecule has 3 aromatic rings. The van der Waals surface area contributed by atoms with Crippen LogP contribution in [0.2, 0.25) is 0 Å². The quantitative estimate of drug-likeness (QED) is 0.316. The van der Waals surface area contributed by atoms with Gasteiger partial charge in [-0.3, -0.25) is 10.3 Å². The van der Waals surface area contributed by atoms with E-state index in [1.807, 2.05) is 26.0 Å². The highest BCUT2D eigenvalue weighted by Gasteiger charge is 2.14. The number of aromatic nitrogens is 1. The number of halogens is 1. The number of nitrogens with one attached hydrogen (secondary N) is 1. The molecule has 0 aliphatic heterocycles. The maximum Gasteiger partial charge on any atom is 0.333 e. The molecule has 1 heterocycles. The van der Waals surface area contributed by atoms with Crippen molar-refractivity contribution in [2.45, 2.75) is 33.6 Å². The fourth-order valence-electron chi connectivity index (χ4n) is 3.16. The molecule has 0 bridgehead atoms. The predicted molar refractivity (Wildman–Crippen MR) is 121 cm³/mol. The second-order valence-corrected chi connectivity index (χ2v) is 7.39. The van der Waals surface area contributed by atoms with Crippen molar-refractivity contribution in [3.8, 4) is 17.2 Å². The Hall–Kier alpha value is -3.65. The average molecular weight is 454 g/mol. The van der Waals surface area contributed by atoms with Crippen LogP contribution in [0.5, 0.6) is 5.75 Å². The number of hydrogen-bond donors (Lipinski definition) is 2. The third-order valence-electron chi connectivity index (χ3n) is 4.98. The third-order valence-corrected chi connectivity index (χ3v) is 4.98. The van der Waals surface area contributed by atoms with Gasteiger partial charge in [-0.15, -0.1) is 0 Å². The lowest BCUT2D eigenvalue weighted by Crippen LogP contribution is -2.18. The Morgan fingerprint density at radius 3 is 2.48 bits per heavy atom. The molecule has 7 nitrogen and oxygen atoms in total. The number of allylic oxidation sites excluding steroid dienone is 1. The number of ether oxygens (including phenoxy) is 1. The standard InChI is InChI=1S/C25H27FN2O5/c1-4-32-28-16(2)22(25(29)30)15-18-5-11-21(12-6-18)31-14-13-23-17(3)33-24(27-23)19-7-9-20(26)10-8-19/h5-12,28H,4,13-15H2,1-3H3,(H,29,30). The molecule has 0 amide bonds. The molecule has 0 aliphatic rings. The molecule has 0 unspecified atom stereocenters. The molecular formula is C25H27FN2O5. The normalized spacial score (nSPS) is 11.8. The highest BCUT2D eigenvalue weighted by Crippen LogP contribution is 2.23. The number of benzene rings is 2. The smallest absolute Gasteiger partial charge is 0.333 e. The summed E-state index contributed by atoms with van der Waals surface area (Å²) < 4.78 is 24.6. The molecule has 2 N–H and O–H groups in total. The van der Waals surface area contributed by atoms with Crippen LogP contribution in [0.1, 0.15) is 30.9 Å². The van der Waals surface area contributed by atoms with Crippen LogP contribution in [0.3, 0.4) is 0 Å². The summed E-state index contributed by atoms with van der Waals surface area (Å²) >= 11 is 0. The highest BCUT2D eigenvalue weighted by atomic mass is 19.1. The Morgan fingerprint density at radius 1 is 1.15 bits per heavy atom. The minimum absolute atomic E-state index is 0.232. The van der Waals surface area contributed by atoms with Gasteiger partial charge in [0, 0.05) is 24.1 Å². The minimum atomic E-state index is -0.997. The molecule has 0 aliphatic carbocycles. The van der Waals surface area contributed by atoms with Gasteiger partial charge in [0.1, 0.15) is 17.3 Å². The zero-order valence-corrected chi connectivity index (χ0v) is 18.9. The zero-order chi connectivity index (χ0) is 23.8. The van der Waals surface area contributed by atoms with Gasteiger partial charge in [-0.25, -0.2) is 14.2 Å². The Bertz CT molecular complexity index is 1100. The Morgan fingerprint density at radius 2 is 1.85 bits per heavy atom. The van der Waals surface area contributed by atoms with Crippen LogP contribution >= 0.6 is 0 Å². The van der Waals surface area contributed by atoms with Gasteiger partial charge in [-0.05, 0) is 62.7 Å². The zero-order valence-electron chi connectivity index (χ0n) is 18.9. The van der Waals surface area contributed by atoms with Gasteiger partial charge in [0.25, 0.3) is 0 Å². The number of rotatable bonds is 11. The summed E-state index contributed by atoms with van der Waals surface area (Å²) in [6.07, 6.45) is 0.804. The first-order chi connectivity index (χ1) is 15.9. The maximum absolute atomic E-state index is 13.1. The fourth-order valence-corrected chi connectivity index (χ4v) is 3.16. The molecule has 1 aromatic heterocycles. The summed E-state index contributed by atoms with van der Waals surface area (Å²) in [5.41, 5.74) is 5.68. The van der Waals surface area contributed by atoms with E-state index >= 15 is 0 Å². The van der Waals surface area contributed by atoms with E-state index in [1.165, 1.54) is 12.1 Å². The lowest BCUT2D eigenvalue weighted by molar-refractivity contribution is -0.132. The van der Waals surface area contributed by atoms with Crippen LogP contribution in [0.4, 0.5) is 4.39 Å². The van der Waals surface area contributed by atoms with Gasteiger partial charge in [-0.2, -0.15) is 0 Å². The second-order valence-electron chi connectivity index (χ2n) is 7.39.